The number of hydrogen-bond donors (Lipinski definition) is 0. The summed E-state index contributed by atoms with van der Waals surface area (Å²) in [5.41, 5.74) is 7.08. The van der Waals surface area contributed by atoms with Gasteiger partial charge in [0, 0.05) is 16.8 Å². The number of para-hydroxylation sites is 1. The molecule has 0 N–H and O–H groups in total. The molecule has 3 heteroatoms. The lowest BCUT2D eigenvalue weighted by Crippen LogP contribution is -2.10. The third-order valence-corrected chi connectivity index (χ3v) is 6.43. The van der Waals surface area contributed by atoms with Crippen LogP contribution < -0.4 is 0 Å². The van der Waals surface area contributed by atoms with Crippen LogP contribution in [0.2, 0.25) is 0 Å². The molecule has 3 aromatic carbocycles. The number of nitrogens with zero attached hydrogens (tertiary/aromatic N) is 3. The van der Waals surface area contributed by atoms with Crippen molar-refractivity contribution in [2.45, 2.75) is 39.5 Å². The molecule has 0 fully saturated rings. The minimum Gasteiger partial charge on any atom is -0.275 e. The van der Waals surface area contributed by atoms with Crippen LogP contribution in [-0.2, 0) is 5.41 Å². The molecule has 0 saturated carbocycles. The molecule has 0 radical (unpaired) electrons. The summed E-state index contributed by atoms with van der Waals surface area (Å²) < 4.78 is 2.16. The molecular formula is C31H31N3. The van der Waals surface area contributed by atoms with E-state index < -0.39 is 0 Å². The van der Waals surface area contributed by atoms with Crippen LogP contribution in [0.25, 0.3) is 34.0 Å². The predicted molar refractivity (Wildman–Crippen MR) is 142 cm³/mol. The Hall–Kier alpha value is -3.72. The van der Waals surface area contributed by atoms with Crippen molar-refractivity contribution in [3.05, 3.63) is 108 Å². The summed E-state index contributed by atoms with van der Waals surface area (Å²) in [5.74, 6) is 2.26. The summed E-state index contributed by atoms with van der Waals surface area (Å²) in [6.45, 7) is 8.96. The SMILES string of the molecule is CC1C=C(c2ccc(-c3nnc(-c4ccc(C(C)(C)C)cc4)n3-c3ccccc3)cc2)C=CC1. The highest BCUT2D eigenvalue weighted by Gasteiger charge is 2.19. The second-order valence-electron chi connectivity index (χ2n) is 10.2. The molecule has 0 amide bonds. The van der Waals surface area contributed by atoms with Crippen LogP contribution >= 0.6 is 0 Å². The zero-order valence-electron chi connectivity index (χ0n) is 20.4. The molecule has 1 unspecified atom stereocenters. The summed E-state index contributed by atoms with van der Waals surface area (Å²) in [6, 6.07) is 27.7. The van der Waals surface area contributed by atoms with Gasteiger partial charge in [-0.3, -0.25) is 4.57 Å². The van der Waals surface area contributed by atoms with Crippen molar-refractivity contribution in [3.63, 3.8) is 0 Å². The van der Waals surface area contributed by atoms with Gasteiger partial charge in [0.2, 0.25) is 0 Å². The topological polar surface area (TPSA) is 30.7 Å². The molecule has 34 heavy (non-hydrogen) atoms. The highest BCUT2D eigenvalue weighted by Crippen LogP contribution is 2.32. The maximum atomic E-state index is 4.65. The van der Waals surface area contributed by atoms with Crippen molar-refractivity contribution in [2.24, 2.45) is 5.92 Å². The molecule has 1 aliphatic rings. The van der Waals surface area contributed by atoms with Gasteiger partial charge in [-0.2, -0.15) is 0 Å². The molecule has 3 nitrogen and oxygen atoms in total. The van der Waals surface area contributed by atoms with Crippen LogP contribution in [0.4, 0.5) is 0 Å². The van der Waals surface area contributed by atoms with Gasteiger partial charge in [0.25, 0.3) is 0 Å². The highest BCUT2D eigenvalue weighted by atomic mass is 15.3. The fraction of sp³-hybridized carbons (Fsp3) is 0.226. The van der Waals surface area contributed by atoms with Crippen LogP contribution in [0.1, 0.15) is 45.2 Å². The fourth-order valence-electron chi connectivity index (χ4n) is 4.44. The predicted octanol–water partition coefficient (Wildman–Crippen LogP) is 7.88. The zero-order chi connectivity index (χ0) is 23.7. The first-order valence-corrected chi connectivity index (χ1v) is 12.0. The number of allylic oxidation sites excluding steroid dienone is 4. The summed E-state index contributed by atoms with van der Waals surface area (Å²) >= 11 is 0. The molecule has 0 spiro atoms. The van der Waals surface area contributed by atoms with E-state index in [9.17, 15) is 0 Å². The van der Waals surface area contributed by atoms with Crippen LogP contribution in [0.5, 0.6) is 0 Å². The van der Waals surface area contributed by atoms with Crippen LogP contribution in [0, 0.1) is 5.92 Å². The van der Waals surface area contributed by atoms with Crippen LogP contribution in [-0.4, -0.2) is 14.8 Å². The summed E-state index contributed by atoms with van der Waals surface area (Å²) in [4.78, 5) is 0. The molecule has 1 aliphatic carbocycles. The van der Waals surface area contributed by atoms with E-state index in [1.54, 1.807) is 0 Å². The second-order valence-corrected chi connectivity index (χ2v) is 10.2. The lowest BCUT2D eigenvalue weighted by Gasteiger charge is -2.19. The smallest absolute Gasteiger partial charge is 0.168 e. The van der Waals surface area contributed by atoms with E-state index in [1.165, 1.54) is 16.7 Å². The van der Waals surface area contributed by atoms with Gasteiger partial charge in [-0.15, -0.1) is 10.2 Å². The van der Waals surface area contributed by atoms with E-state index in [4.69, 9.17) is 0 Å². The van der Waals surface area contributed by atoms with Gasteiger partial charge >= 0.3 is 0 Å². The molecule has 1 heterocycles. The third kappa shape index (κ3) is 4.38. The molecule has 1 atom stereocenters. The van der Waals surface area contributed by atoms with Crippen molar-refractivity contribution in [3.8, 4) is 28.5 Å². The Labute approximate surface area is 202 Å². The number of aromatic nitrogens is 3. The van der Waals surface area contributed by atoms with Gasteiger partial charge in [-0.25, -0.2) is 0 Å². The largest absolute Gasteiger partial charge is 0.275 e. The van der Waals surface area contributed by atoms with Gasteiger partial charge in [-0.1, -0.05) is 113 Å². The highest BCUT2D eigenvalue weighted by molar-refractivity contribution is 5.77. The lowest BCUT2D eigenvalue weighted by atomic mass is 9.86. The Kier molecular flexibility index (Phi) is 5.79. The van der Waals surface area contributed by atoms with Crippen molar-refractivity contribution < 1.29 is 0 Å². The van der Waals surface area contributed by atoms with E-state index in [0.717, 1.165) is 34.9 Å². The van der Waals surface area contributed by atoms with Crippen molar-refractivity contribution in [1.82, 2.24) is 14.8 Å². The van der Waals surface area contributed by atoms with Gasteiger partial charge < -0.3 is 0 Å². The second kappa shape index (κ2) is 8.90. The van der Waals surface area contributed by atoms with Gasteiger partial charge in [-0.05, 0) is 46.6 Å². The van der Waals surface area contributed by atoms with E-state index in [-0.39, 0.29) is 5.41 Å². The Bertz CT molecular complexity index is 1330. The Balaban J connectivity index is 1.57. The van der Waals surface area contributed by atoms with Gasteiger partial charge in [0.05, 0.1) is 0 Å². The molecule has 5 rings (SSSR count). The average Bonchev–Trinajstić information content (AvgIpc) is 3.29. The van der Waals surface area contributed by atoms with Crippen molar-refractivity contribution in [2.75, 3.05) is 0 Å². The van der Waals surface area contributed by atoms with Crippen molar-refractivity contribution >= 4 is 5.57 Å². The standard InChI is InChI=1S/C31H31N3/c1-22-9-8-10-26(21-22)23-13-15-24(16-14-23)29-32-33-30(34(29)28-11-6-5-7-12-28)25-17-19-27(20-18-25)31(2,3)4/h5-8,10-22H,9H2,1-4H3. The minimum atomic E-state index is 0.110. The summed E-state index contributed by atoms with van der Waals surface area (Å²) in [6.07, 6.45) is 7.94. The Morgan fingerprint density at radius 2 is 1.29 bits per heavy atom. The normalized spacial score (nSPS) is 15.9. The summed E-state index contributed by atoms with van der Waals surface area (Å²) in [5, 5.41) is 9.29. The maximum absolute atomic E-state index is 4.65. The third-order valence-electron chi connectivity index (χ3n) is 6.43. The van der Waals surface area contributed by atoms with Gasteiger partial charge in [0.15, 0.2) is 11.6 Å². The molecule has 0 aliphatic heterocycles. The van der Waals surface area contributed by atoms with E-state index >= 15 is 0 Å². The first kappa shape index (κ1) is 22.1. The van der Waals surface area contributed by atoms with E-state index in [1.807, 2.05) is 6.07 Å². The maximum Gasteiger partial charge on any atom is 0.168 e. The minimum absolute atomic E-state index is 0.110. The number of benzene rings is 3. The number of rotatable bonds is 4. The van der Waals surface area contributed by atoms with Crippen LogP contribution in [0.3, 0.4) is 0 Å². The first-order valence-electron chi connectivity index (χ1n) is 12.0. The van der Waals surface area contributed by atoms with Crippen LogP contribution in [0.15, 0.2) is 97.1 Å². The fourth-order valence-corrected chi connectivity index (χ4v) is 4.44. The quantitative estimate of drug-likeness (QED) is 0.320. The Morgan fingerprint density at radius 1 is 0.735 bits per heavy atom. The molecule has 0 bridgehead atoms. The Morgan fingerprint density at radius 3 is 1.85 bits per heavy atom. The molecule has 170 valence electrons. The lowest BCUT2D eigenvalue weighted by molar-refractivity contribution is 0.590. The monoisotopic (exact) mass is 445 g/mol. The summed E-state index contributed by atoms with van der Waals surface area (Å²) in [7, 11) is 0. The van der Waals surface area contributed by atoms with E-state index in [0.29, 0.717) is 5.92 Å². The molecule has 0 saturated heterocycles. The number of hydrogen-bond acceptors (Lipinski definition) is 2. The zero-order valence-corrected chi connectivity index (χ0v) is 20.4. The first-order chi connectivity index (χ1) is 16.4. The molecule has 1 aromatic heterocycles. The van der Waals surface area contributed by atoms with Crippen molar-refractivity contribution in [1.29, 1.82) is 0 Å². The molecular weight excluding hydrogens is 414 g/mol. The molecule has 4 aromatic rings. The van der Waals surface area contributed by atoms with Gasteiger partial charge in [0.1, 0.15) is 0 Å². The van der Waals surface area contributed by atoms with E-state index in [2.05, 4.69) is 133 Å². The average molecular weight is 446 g/mol.